The Morgan fingerprint density at radius 3 is 2.46 bits per heavy atom. The highest BCUT2D eigenvalue weighted by molar-refractivity contribution is 7.90. The third-order valence-electron chi connectivity index (χ3n) is 3.88. The lowest BCUT2D eigenvalue weighted by molar-refractivity contribution is 0.317. The first-order chi connectivity index (χ1) is 11.5. The van der Waals surface area contributed by atoms with Gasteiger partial charge in [0.25, 0.3) is 0 Å². The Hall–Kier alpha value is -2.15. The van der Waals surface area contributed by atoms with E-state index in [2.05, 4.69) is 14.7 Å². The molecule has 0 bridgehead atoms. The summed E-state index contributed by atoms with van der Waals surface area (Å²) in [5.74, 6) is 0. The van der Waals surface area contributed by atoms with Crippen LogP contribution in [-0.2, 0) is 16.4 Å². The number of hydrogen-bond donors (Lipinski definition) is 1. The van der Waals surface area contributed by atoms with Gasteiger partial charge in [0.2, 0.25) is 0 Å². The van der Waals surface area contributed by atoms with Gasteiger partial charge in [-0.05, 0) is 37.0 Å². The molecule has 6 nitrogen and oxygen atoms in total. The van der Waals surface area contributed by atoms with E-state index < -0.39 is 9.84 Å². The Labute approximate surface area is 142 Å². The van der Waals surface area contributed by atoms with E-state index in [1.54, 1.807) is 30.5 Å². The van der Waals surface area contributed by atoms with E-state index in [1.807, 2.05) is 12.5 Å². The van der Waals surface area contributed by atoms with Crippen molar-refractivity contribution in [1.82, 2.24) is 9.55 Å². The van der Waals surface area contributed by atoms with Crippen molar-refractivity contribution in [2.75, 3.05) is 6.26 Å². The van der Waals surface area contributed by atoms with Gasteiger partial charge in [-0.3, -0.25) is 0 Å². The molecular weight excluding hydrogens is 326 g/mol. The summed E-state index contributed by atoms with van der Waals surface area (Å²) in [5, 5.41) is 12.6. The molecule has 0 aliphatic carbocycles. The predicted octanol–water partition coefficient (Wildman–Crippen LogP) is 3.12. The number of rotatable bonds is 9. The van der Waals surface area contributed by atoms with Crippen LogP contribution in [0.1, 0.15) is 37.7 Å². The molecular formula is C17H23N3O3S. The van der Waals surface area contributed by atoms with Crippen LogP contribution in [0.25, 0.3) is 0 Å². The first-order valence-corrected chi connectivity index (χ1v) is 9.87. The van der Waals surface area contributed by atoms with Crippen LogP contribution in [0.3, 0.4) is 0 Å². The molecule has 1 aromatic carbocycles. The Morgan fingerprint density at radius 2 is 1.88 bits per heavy atom. The molecule has 7 heteroatoms. The van der Waals surface area contributed by atoms with E-state index in [9.17, 15) is 13.6 Å². The zero-order valence-corrected chi connectivity index (χ0v) is 14.6. The zero-order valence-electron chi connectivity index (χ0n) is 13.8. The van der Waals surface area contributed by atoms with Gasteiger partial charge in [-0.1, -0.05) is 30.1 Å². The van der Waals surface area contributed by atoms with Crippen molar-refractivity contribution in [3.8, 4) is 0 Å². The van der Waals surface area contributed by atoms with Gasteiger partial charge < -0.3 is 9.77 Å². The molecule has 130 valence electrons. The molecule has 1 heterocycles. The van der Waals surface area contributed by atoms with Gasteiger partial charge in [0.15, 0.2) is 9.84 Å². The van der Waals surface area contributed by atoms with Crippen LogP contribution in [0.5, 0.6) is 0 Å². The fourth-order valence-corrected chi connectivity index (χ4v) is 3.14. The second-order valence-electron chi connectivity index (χ2n) is 5.81. The van der Waals surface area contributed by atoms with Gasteiger partial charge in [-0.2, -0.15) is 0 Å². The SMILES string of the molecule is CS(=O)(=O)c1ccc(/C(CCCCCCn2ccnc2)=N\O)cc1. The van der Waals surface area contributed by atoms with Gasteiger partial charge in [0, 0.05) is 25.2 Å². The highest BCUT2D eigenvalue weighted by Crippen LogP contribution is 2.14. The van der Waals surface area contributed by atoms with Gasteiger partial charge in [-0.15, -0.1) is 0 Å². The summed E-state index contributed by atoms with van der Waals surface area (Å²) >= 11 is 0. The summed E-state index contributed by atoms with van der Waals surface area (Å²) < 4.78 is 25.0. The molecule has 2 rings (SSSR count). The summed E-state index contributed by atoms with van der Waals surface area (Å²) in [4.78, 5) is 4.27. The second-order valence-corrected chi connectivity index (χ2v) is 7.82. The number of oxime groups is 1. The maximum absolute atomic E-state index is 11.5. The zero-order chi connectivity index (χ0) is 17.4. The fraction of sp³-hybridized carbons (Fsp3) is 0.412. The maximum atomic E-state index is 11.5. The van der Waals surface area contributed by atoms with Crippen molar-refractivity contribution in [3.05, 3.63) is 48.5 Å². The van der Waals surface area contributed by atoms with E-state index in [-0.39, 0.29) is 4.90 Å². The normalized spacial score (nSPS) is 12.5. The summed E-state index contributed by atoms with van der Waals surface area (Å²) in [7, 11) is -3.21. The monoisotopic (exact) mass is 349 g/mol. The topological polar surface area (TPSA) is 84.5 Å². The molecule has 2 aromatic rings. The number of nitrogens with zero attached hydrogens (tertiary/aromatic N) is 3. The third kappa shape index (κ3) is 5.49. The van der Waals surface area contributed by atoms with E-state index in [1.165, 1.54) is 6.26 Å². The lowest BCUT2D eigenvalue weighted by atomic mass is 10.0. The number of aromatic nitrogens is 2. The summed E-state index contributed by atoms with van der Waals surface area (Å²) in [6.07, 6.45) is 11.6. The van der Waals surface area contributed by atoms with E-state index >= 15 is 0 Å². The summed E-state index contributed by atoms with van der Waals surface area (Å²) in [6.45, 7) is 0.966. The van der Waals surface area contributed by atoms with Crippen molar-refractivity contribution in [3.63, 3.8) is 0 Å². The number of benzene rings is 1. The number of imidazole rings is 1. The molecule has 0 unspecified atom stereocenters. The van der Waals surface area contributed by atoms with Crippen molar-refractivity contribution in [1.29, 1.82) is 0 Å². The standard InChI is InChI=1S/C17H23N3O3S/c1-24(22,23)16-9-7-15(8-10-16)17(19-21)6-4-2-3-5-12-20-13-11-18-14-20/h7-11,13-14,21H,2-6,12H2,1H3/b19-17-. The molecule has 0 saturated carbocycles. The van der Waals surface area contributed by atoms with E-state index in [4.69, 9.17) is 0 Å². The van der Waals surface area contributed by atoms with Gasteiger partial charge in [0.05, 0.1) is 16.9 Å². The molecule has 0 atom stereocenters. The highest BCUT2D eigenvalue weighted by Gasteiger charge is 2.09. The van der Waals surface area contributed by atoms with Crippen LogP contribution in [0.15, 0.2) is 53.0 Å². The average molecular weight is 349 g/mol. The van der Waals surface area contributed by atoms with Crippen LogP contribution < -0.4 is 0 Å². The number of unbranched alkanes of at least 4 members (excludes halogenated alkanes) is 3. The van der Waals surface area contributed by atoms with E-state index in [0.29, 0.717) is 12.1 Å². The third-order valence-corrected chi connectivity index (χ3v) is 5.00. The molecule has 1 N–H and O–H groups in total. The van der Waals surface area contributed by atoms with Crippen LogP contribution >= 0.6 is 0 Å². The Morgan fingerprint density at radius 1 is 1.17 bits per heavy atom. The smallest absolute Gasteiger partial charge is 0.175 e. The molecule has 0 amide bonds. The van der Waals surface area contributed by atoms with Crippen LogP contribution in [0, 0.1) is 0 Å². The second kappa shape index (κ2) is 8.63. The molecule has 0 fully saturated rings. The molecule has 0 radical (unpaired) electrons. The molecule has 0 aliphatic rings. The number of aryl methyl sites for hydroxylation is 1. The Bertz CT molecular complexity index is 751. The van der Waals surface area contributed by atoms with Crippen molar-refractivity contribution in [2.45, 2.75) is 43.5 Å². The fourth-order valence-electron chi connectivity index (χ4n) is 2.51. The van der Waals surface area contributed by atoms with Crippen LogP contribution in [-0.4, -0.2) is 35.1 Å². The van der Waals surface area contributed by atoms with Crippen molar-refractivity contribution < 1.29 is 13.6 Å². The minimum Gasteiger partial charge on any atom is -0.411 e. The molecule has 1 aromatic heterocycles. The first kappa shape index (κ1) is 18.2. The van der Waals surface area contributed by atoms with Crippen molar-refractivity contribution in [2.24, 2.45) is 5.16 Å². The lowest BCUT2D eigenvalue weighted by Gasteiger charge is -2.06. The molecule has 0 aliphatic heterocycles. The number of sulfone groups is 1. The highest BCUT2D eigenvalue weighted by atomic mass is 32.2. The van der Waals surface area contributed by atoms with Gasteiger partial charge in [0.1, 0.15) is 0 Å². The maximum Gasteiger partial charge on any atom is 0.175 e. The van der Waals surface area contributed by atoms with Crippen LogP contribution in [0.2, 0.25) is 0 Å². The molecule has 0 saturated heterocycles. The minimum absolute atomic E-state index is 0.267. The average Bonchev–Trinajstić information content (AvgIpc) is 3.07. The summed E-state index contributed by atoms with van der Waals surface area (Å²) in [6, 6.07) is 6.46. The van der Waals surface area contributed by atoms with Gasteiger partial charge in [-0.25, -0.2) is 13.4 Å². The lowest BCUT2D eigenvalue weighted by Crippen LogP contribution is -2.03. The van der Waals surface area contributed by atoms with Crippen LogP contribution in [0.4, 0.5) is 0 Å². The summed E-state index contributed by atoms with van der Waals surface area (Å²) in [5.41, 5.74) is 1.34. The Balaban J connectivity index is 1.76. The van der Waals surface area contributed by atoms with E-state index in [0.717, 1.165) is 37.8 Å². The first-order valence-electron chi connectivity index (χ1n) is 7.98. The largest absolute Gasteiger partial charge is 0.411 e. The Kier molecular flexibility index (Phi) is 6.54. The van der Waals surface area contributed by atoms with Crippen molar-refractivity contribution >= 4 is 15.5 Å². The quantitative estimate of drug-likeness (QED) is 0.326. The minimum atomic E-state index is -3.21. The molecule has 0 spiro atoms. The van der Waals surface area contributed by atoms with Gasteiger partial charge >= 0.3 is 0 Å². The number of hydrogen-bond acceptors (Lipinski definition) is 5. The predicted molar refractivity (Wildman–Crippen MR) is 93.2 cm³/mol. The molecule has 24 heavy (non-hydrogen) atoms.